The van der Waals surface area contributed by atoms with Gasteiger partial charge in [0.15, 0.2) is 0 Å². The molecule has 1 aromatic rings. The lowest BCUT2D eigenvalue weighted by Crippen LogP contribution is -2.24. The maximum atomic E-state index is 10.8. The summed E-state index contributed by atoms with van der Waals surface area (Å²) in [6.45, 7) is 1.71. The van der Waals surface area contributed by atoms with Crippen LogP contribution >= 0.6 is 11.6 Å². The molecule has 3 N–H and O–H groups in total. The number of primary amides is 1. The second kappa shape index (κ2) is 5.49. The zero-order valence-electron chi connectivity index (χ0n) is 9.14. The molecule has 1 amide bonds. The summed E-state index contributed by atoms with van der Waals surface area (Å²) in [5, 5.41) is 13.9. The van der Waals surface area contributed by atoms with Crippen molar-refractivity contribution in [2.75, 3.05) is 5.32 Å². The van der Waals surface area contributed by atoms with Crippen molar-refractivity contribution in [1.29, 1.82) is 0 Å². The van der Waals surface area contributed by atoms with Crippen LogP contribution in [0.3, 0.4) is 0 Å². The molecule has 0 spiro atoms. The lowest BCUT2D eigenvalue weighted by atomic mass is 10.2. The minimum Gasteiger partial charge on any atom is -0.377 e. The first-order chi connectivity index (χ1) is 7.90. The highest BCUT2D eigenvalue weighted by molar-refractivity contribution is 6.30. The van der Waals surface area contributed by atoms with Crippen LogP contribution in [0.2, 0.25) is 5.02 Å². The summed E-state index contributed by atoms with van der Waals surface area (Å²) in [4.78, 5) is 21.0. The van der Waals surface area contributed by atoms with Gasteiger partial charge in [-0.2, -0.15) is 0 Å². The van der Waals surface area contributed by atoms with E-state index in [2.05, 4.69) is 5.32 Å². The molecule has 6 nitrogen and oxygen atoms in total. The van der Waals surface area contributed by atoms with Crippen molar-refractivity contribution in [3.63, 3.8) is 0 Å². The predicted molar refractivity (Wildman–Crippen MR) is 65.0 cm³/mol. The molecule has 17 heavy (non-hydrogen) atoms. The van der Waals surface area contributed by atoms with Crippen LogP contribution in [-0.4, -0.2) is 16.9 Å². The Labute approximate surface area is 103 Å². The van der Waals surface area contributed by atoms with Gasteiger partial charge in [-0.05, 0) is 19.1 Å². The Hall–Kier alpha value is -1.82. The Balaban J connectivity index is 2.90. The van der Waals surface area contributed by atoms with E-state index in [9.17, 15) is 14.9 Å². The molecule has 0 aliphatic carbocycles. The quantitative estimate of drug-likeness (QED) is 0.622. The smallest absolute Gasteiger partial charge is 0.293 e. The van der Waals surface area contributed by atoms with Gasteiger partial charge in [-0.25, -0.2) is 0 Å². The van der Waals surface area contributed by atoms with Crippen molar-refractivity contribution in [2.45, 2.75) is 19.4 Å². The Bertz CT molecular complexity index is 450. The number of halogens is 1. The van der Waals surface area contributed by atoms with Gasteiger partial charge in [-0.15, -0.1) is 0 Å². The number of nitro groups is 1. The average Bonchev–Trinajstić information content (AvgIpc) is 2.19. The number of anilines is 1. The normalized spacial score (nSPS) is 11.9. The molecule has 1 atom stereocenters. The standard InChI is InChI=1S/C10H12ClN3O3/c1-6(4-10(12)15)13-8-3-2-7(11)5-9(8)14(16)17/h2-3,5-6,13H,4H2,1H3,(H2,12,15). The largest absolute Gasteiger partial charge is 0.377 e. The number of nitrogens with two attached hydrogens (primary N) is 1. The Morgan fingerprint density at radius 2 is 2.29 bits per heavy atom. The average molecular weight is 258 g/mol. The molecular weight excluding hydrogens is 246 g/mol. The highest BCUT2D eigenvalue weighted by Crippen LogP contribution is 2.28. The second-order valence-corrected chi connectivity index (χ2v) is 4.07. The van der Waals surface area contributed by atoms with Gasteiger partial charge in [-0.3, -0.25) is 14.9 Å². The fourth-order valence-corrected chi connectivity index (χ4v) is 1.56. The summed E-state index contributed by atoms with van der Waals surface area (Å²) in [6, 6.07) is 4.00. The van der Waals surface area contributed by atoms with E-state index >= 15 is 0 Å². The van der Waals surface area contributed by atoms with Crippen LogP contribution in [0.15, 0.2) is 18.2 Å². The predicted octanol–water partition coefficient (Wildman–Crippen LogP) is 1.92. The minimum absolute atomic E-state index is 0.0970. The van der Waals surface area contributed by atoms with E-state index in [1.807, 2.05) is 0 Å². The topological polar surface area (TPSA) is 98.3 Å². The third kappa shape index (κ3) is 3.92. The summed E-state index contributed by atoms with van der Waals surface area (Å²) >= 11 is 5.68. The molecule has 0 aliphatic rings. The monoisotopic (exact) mass is 257 g/mol. The Morgan fingerprint density at radius 3 is 2.82 bits per heavy atom. The van der Waals surface area contributed by atoms with Crippen LogP contribution in [-0.2, 0) is 4.79 Å². The van der Waals surface area contributed by atoms with Gasteiger partial charge in [0.2, 0.25) is 5.91 Å². The first-order valence-electron chi connectivity index (χ1n) is 4.89. The molecular formula is C10H12ClN3O3. The zero-order chi connectivity index (χ0) is 13.0. The third-order valence-corrected chi connectivity index (χ3v) is 2.30. The highest BCUT2D eigenvalue weighted by Gasteiger charge is 2.16. The number of rotatable bonds is 5. The van der Waals surface area contributed by atoms with E-state index in [1.54, 1.807) is 6.92 Å². The molecule has 0 saturated heterocycles. The second-order valence-electron chi connectivity index (χ2n) is 3.63. The lowest BCUT2D eigenvalue weighted by molar-refractivity contribution is -0.384. The van der Waals surface area contributed by atoms with Crippen molar-refractivity contribution in [1.82, 2.24) is 0 Å². The fourth-order valence-electron chi connectivity index (χ4n) is 1.40. The van der Waals surface area contributed by atoms with Gasteiger partial charge >= 0.3 is 0 Å². The number of amides is 1. The summed E-state index contributed by atoms with van der Waals surface area (Å²) in [5.74, 6) is -0.471. The summed E-state index contributed by atoms with van der Waals surface area (Å²) in [5.41, 5.74) is 5.22. The maximum Gasteiger partial charge on any atom is 0.293 e. The highest BCUT2D eigenvalue weighted by atomic mass is 35.5. The van der Waals surface area contributed by atoms with E-state index in [4.69, 9.17) is 17.3 Å². The first kappa shape index (κ1) is 13.2. The van der Waals surface area contributed by atoms with E-state index in [-0.39, 0.29) is 23.2 Å². The molecule has 1 unspecified atom stereocenters. The van der Waals surface area contributed by atoms with Crippen molar-refractivity contribution in [2.24, 2.45) is 5.73 Å². The SMILES string of the molecule is CC(CC(N)=O)Nc1ccc(Cl)cc1[N+](=O)[O-]. The number of hydrogen-bond acceptors (Lipinski definition) is 4. The molecule has 1 aromatic carbocycles. The van der Waals surface area contributed by atoms with Gasteiger partial charge in [0.1, 0.15) is 5.69 Å². The Morgan fingerprint density at radius 1 is 1.65 bits per heavy atom. The number of carbonyl (C=O) groups is 1. The van der Waals surface area contributed by atoms with Crippen LogP contribution in [0.1, 0.15) is 13.3 Å². The van der Waals surface area contributed by atoms with Crippen molar-refractivity contribution in [3.05, 3.63) is 33.3 Å². The first-order valence-corrected chi connectivity index (χ1v) is 5.26. The number of nitrogens with zero attached hydrogens (tertiary/aromatic N) is 1. The number of hydrogen-bond donors (Lipinski definition) is 2. The van der Waals surface area contributed by atoms with Crippen LogP contribution in [0.4, 0.5) is 11.4 Å². The van der Waals surface area contributed by atoms with Gasteiger partial charge in [0.05, 0.1) is 4.92 Å². The van der Waals surface area contributed by atoms with E-state index in [1.165, 1.54) is 18.2 Å². The van der Waals surface area contributed by atoms with Gasteiger partial charge < -0.3 is 11.1 Å². The summed E-state index contributed by atoms with van der Waals surface area (Å²) in [6.07, 6.45) is 0.0970. The van der Waals surface area contributed by atoms with Gasteiger partial charge in [0, 0.05) is 23.6 Å². The molecule has 0 bridgehead atoms. The number of nitrogens with one attached hydrogen (secondary N) is 1. The number of nitro benzene ring substituents is 1. The maximum absolute atomic E-state index is 10.8. The molecule has 0 fully saturated rings. The van der Waals surface area contributed by atoms with E-state index in [0.717, 1.165) is 0 Å². The van der Waals surface area contributed by atoms with Crippen LogP contribution in [0.5, 0.6) is 0 Å². The van der Waals surface area contributed by atoms with Crippen LogP contribution in [0.25, 0.3) is 0 Å². The lowest BCUT2D eigenvalue weighted by Gasteiger charge is -2.13. The van der Waals surface area contributed by atoms with Crippen molar-refractivity contribution < 1.29 is 9.72 Å². The zero-order valence-corrected chi connectivity index (χ0v) is 9.90. The van der Waals surface area contributed by atoms with E-state index < -0.39 is 10.8 Å². The van der Waals surface area contributed by atoms with Crippen LogP contribution in [0, 0.1) is 10.1 Å². The van der Waals surface area contributed by atoms with Gasteiger partial charge in [0.25, 0.3) is 5.69 Å². The van der Waals surface area contributed by atoms with Gasteiger partial charge in [-0.1, -0.05) is 11.6 Å². The molecule has 0 aliphatic heterocycles. The fraction of sp³-hybridized carbons (Fsp3) is 0.300. The molecule has 92 valence electrons. The number of benzene rings is 1. The summed E-state index contributed by atoms with van der Waals surface area (Å²) in [7, 11) is 0. The molecule has 0 saturated carbocycles. The van der Waals surface area contributed by atoms with Crippen molar-refractivity contribution >= 4 is 28.9 Å². The minimum atomic E-state index is -0.537. The molecule has 0 heterocycles. The molecule has 0 aromatic heterocycles. The van der Waals surface area contributed by atoms with Crippen LogP contribution < -0.4 is 11.1 Å². The van der Waals surface area contributed by atoms with Crippen molar-refractivity contribution in [3.8, 4) is 0 Å². The third-order valence-electron chi connectivity index (χ3n) is 2.07. The molecule has 1 rings (SSSR count). The van der Waals surface area contributed by atoms with E-state index in [0.29, 0.717) is 5.69 Å². The number of carbonyl (C=O) groups excluding carboxylic acids is 1. The molecule has 7 heteroatoms. The summed E-state index contributed by atoms with van der Waals surface area (Å²) < 4.78 is 0. The molecule has 0 radical (unpaired) electrons. The Kier molecular flexibility index (Phi) is 4.28.